The summed E-state index contributed by atoms with van der Waals surface area (Å²) in [5.74, 6) is -0.0474. The lowest BCUT2D eigenvalue weighted by Gasteiger charge is -2.56. The van der Waals surface area contributed by atoms with Crippen molar-refractivity contribution in [3.8, 4) is 0 Å². The molecule has 2 fully saturated rings. The van der Waals surface area contributed by atoms with Gasteiger partial charge in [-0.15, -0.1) is 0 Å². The summed E-state index contributed by atoms with van der Waals surface area (Å²) in [5, 5.41) is 2.70. The fourth-order valence-electron chi connectivity index (χ4n) is 6.61. The minimum Gasteiger partial charge on any atom is -0.469 e. The van der Waals surface area contributed by atoms with E-state index in [9.17, 15) is 4.79 Å². The molecule has 0 saturated heterocycles. The van der Waals surface area contributed by atoms with Gasteiger partial charge >= 0.3 is 5.97 Å². The average Bonchev–Trinajstić information content (AvgIpc) is 2.77. The van der Waals surface area contributed by atoms with E-state index in [-0.39, 0.29) is 22.5 Å². The zero-order chi connectivity index (χ0) is 23.0. The van der Waals surface area contributed by atoms with Gasteiger partial charge in [0, 0.05) is 6.10 Å². The van der Waals surface area contributed by atoms with Gasteiger partial charge in [0.15, 0.2) is 0 Å². The van der Waals surface area contributed by atoms with E-state index >= 15 is 0 Å². The molecule has 0 amide bonds. The molecule has 0 bridgehead atoms. The Kier molecular flexibility index (Phi) is 6.15. The third-order valence-electron chi connectivity index (χ3n) is 7.96. The van der Waals surface area contributed by atoms with Crippen LogP contribution in [-0.4, -0.2) is 27.5 Å². The van der Waals surface area contributed by atoms with Crippen molar-refractivity contribution in [2.75, 3.05) is 7.11 Å². The van der Waals surface area contributed by atoms with Crippen LogP contribution in [0.3, 0.4) is 0 Å². The van der Waals surface area contributed by atoms with Crippen molar-refractivity contribution < 1.29 is 14.0 Å². The van der Waals surface area contributed by atoms with Crippen LogP contribution in [0.2, 0.25) is 5.04 Å². The Bertz CT molecular complexity index is 877. The van der Waals surface area contributed by atoms with Crippen molar-refractivity contribution in [2.45, 2.75) is 77.4 Å². The minimum atomic E-state index is -2.50. The van der Waals surface area contributed by atoms with Gasteiger partial charge in [-0.05, 0) is 66.3 Å². The molecular weight excluding hydrogens is 412 g/mol. The van der Waals surface area contributed by atoms with Crippen molar-refractivity contribution in [2.24, 2.45) is 10.8 Å². The van der Waals surface area contributed by atoms with Crippen LogP contribution in [0.4, 0.5) is 0 Å². The second-order valence-corrected chi connectivity index (χ2v) is 15.6. The second-order valence-electron chi connectivity index (χ2n) is 11.4. The van der Waals surface area contributed by atoms with Gasteiger partial charge in [-0.1, -0.05) is 81.4 Å². The molecule has 4 rings (SSSR count). The fourth-order valence-corrected chi connectivity index (χ4v) is 11.4. The largest absolute Gasteiger partial charge is 0.469 e. The molecule has 0 atom stereocenters. The standard InChI is InChI=1S/C28H38O3Si/c1-26(2,3)32(23-12-8-6-9-13-23,24-14-10-7-11-15-24)31-22-16-18-28(19-17-22)20-27(4,21-28)25(29)30-5/h6-15,22H,16-21H2,1-5H3. The Labute approximate surface area is 194 Å². The van der Waals surface area contributed by atoms with Gasteiger partial charge in [-0.3, -0.25) is 4.79 Å². The topological polar surface area (TPSA) is 35.5 Å². The fraction of sp³-hybridized carbons (Fsp3) is 0.536. The predicted molar refractivity (Wildman–Crippen MR) is 133 cm³/mol. The van der Waals surface area contributed by atoms with Crippen LogP contribution in [0.1, 0.15) is 66.2 Å². The van der Waals surface area contributed by atoms with Gasteiger partial charge in [0.2, 0.25) is 0 Å². The number of hydrogen-bond donors (Lipinski definition) is 0. The Hall–Kier alpha value is -1.91. The maximum absolute atomic E-state index is 12.2. The molecule has 3 nitrogen and oxygen atoms in total. The van der Waals surface area contributed by atoms with Gasteiger partial charge < -0.3 is 9.16 Å². The number of rotatable bonds is 5. The first-order chi connectivity index (χ1) is 15.1. The molecule has 2 aliphatic rings. The number of hydrogen-bond acceptors (Lipinski definition) is 3. The molecule has 0 aromatic heterocycles. The second kappa shape index (κ2) is 8.46. The highest BCUT2D eigenvalue weighted by atomic mass is 28.4. The molecule has 2 saturated carbocycles. The molecule has 0 N–H and O–H groups in total. The molecule has 4 heteroatoms. The summed E-state index contributed by atoms with van der Waals surface area (Å²) in [6, 6.07) is 21.8. The van der Waals surface area contributed by atoms with E-state index in [0.29, 0.717) is 5.41 Å². The summed E-state index contributed by atoms with van der Waals surface area (Å²) in [6.45, 7) is 9.10. The smallest absolute Gasteiger partial charge is 0.311 e. The third kappa shape index (κ3) is 3.97. The van der Waals surface area contributed by atoms with E-state index in [1.807, 2.05) is 0 Å². The minimum absolute atomic E-state index is 0.00473. The number of ether oxygens (including phenoxy) is 1. The summed E-state index contributed by atoms with van der Waals surface area (Å²) < 4.78 is 12.4. The highest BCUT2D eigenvalue weighted by molar-refractivity contribution is 6.99. The lowest BCUT2D eigenvalue weighted by Crippen LogP contribution is -2.68. The average molecular weight is 451 g/mol. The molecule has 0 heterocycles. The number of methoxy groups -OCH3 is 1. The van der Waals surface area contributed by atoms with Gasteiger partial charge in [-0.2, -0.15) is 0 Å². The monoisotopic (exact) mass is 450 g/mol. The maximum atomic E-state index is 12.2. The number of benzene rings is 2. The van der Waals surface area contributed by atoms with Crippen molar-refractivity contribution >= 4 is 24.7 Å². The van der Waals surface area contributed by atoms with E-state index < -0.39 is 8.32 Å². The summed E-state index contributed by atoms with van der Waals surface area (Å²) in [4.78, 5) is 12.2. The van der Waals surface area contributed by atoms with Gasteiger partial charge in [0.1, 0.15) is 0 Å². The van der Waals surface area contributed by atoms with Crippen LogP contribution in [0.15, 0.2) is 60.7 Å². The molecule has 0 aliphatic heterocycles. The predicted octanol–water partition coefficient (Wildman–Crippen LogP) is 5.47. The molecule has 0 unspecified atom stereocenters. The van der Waals surface area contributed by atoms with Crippen LogP contribution in [-0.2, 0) is 14.0 Å². The summed E-state index contributed by atoms with van der Waals surface area (Å²) >= 11 is 0. The maximum Gasteiger partial charge on any atom is 0.311 e. The quantitative estimate of drug-likeness (QED) is 0.448. The van der Waals surface area contributed by atoms with Crippen LogP contribution < -0.4 is 10.4 Å². The first kappa shape index (κ1) is 23.3. The summed E-state index contributed by atoms with van der Waals surface area (Å²) in [7, 11) is -0.994. The highest BCUT2D eigenvalue weighted by Gasteiger charge is 2.58. The molecule has 1 spiro atoms. The van der Waals surface area contributed by atoms with E-state index in [1.54, 1.807) is 0 Å². The summed E-state index contributed by atoms with van der Waals surface area (Å²) in [5.41, 5.74) is 0.00861. The van der Waals surface area contributed by atoms with Gasteiger partial charge in [0.05, 0.1) is 12.5 Å². The third-order valence-corrected chi connectivity index (χ3v) is 13.1. The molecule has 2 aromatic carbocycles. The lowest BCUT2D eigenvalue weighted by molar-refractivity contribution is -0.171. The number of esters is 1. The van der Waals surface area contributed by atoms with Crippen LogP contribution >= 0.6 is 0 Å². The van der Waals surface area contributed by atoms with Crippen molar-refractivity contribution in [3.05, 3.63) is 60.7 Å². The molecule has 0 radical (unpaired) electrons. The Morgan fingerprint density at radius 3 is 1.78 bits per heavy atom. The number of carbonyl (C=O) groups is 1. The van der Waals surface area contributed by atoms with Crippen LogP contribution in [0, 0.1) is 10.8 Å². The first-order valence-corrected chi connectivity index (χ1v) is 13.9. The van der Waals surface area contributed by atoms with E-state index in [0.717, 1.165) is 38.5 Å². The van der Waals surface area contributed by atoms with Gasteiger partial charge in [0.25, 0.3) is 8.32 Å². The zero-order valence-electron chi connectivity index (χ0n) is 20.3. The van der Waals surface area contributed by atoms with E-state index in [4.69, 9.17) is 9.16 Å². The molecule has 2 aromatic rings. The highest BCUT2D eigenvalue weighted by Crippen LogP contribution is 2.61. The molecule has 2 aliphatic carbocycles. The SMILES string of the molecule is COC(=O)C1(C)CC2(CCC(O[Si](c3ccccc3)(c3ccccc3)C(C)(C)C)CC2)C1. The first-order valence-electron chi connectivity index (χ1n) is 12.0. The van der Waals surface area contributed by atoms with Crippen LogP contribution in [0.25, 0.3) is 0 Å². The van der Waals surface area contributed by atoms with Crippen LogP contribution in [0.5, 0.6) is 0 Å². The van der Waals surface area contributed by atoms with Gasteiger partial charge in [-0.25, -0.2) is 0 Å². The van der Waals surface area contributed by atoms with E-state index in [2.05, 4.69) is 88.4 Å². The molecular formula is C28H38O3Si. The Morgan fingerprint density at radius 1 is 0.906 bits per heavy atom. The lowest BCUT2D eigenvalue weighted by atomic mass is 9.49. The zero-order valence-corrected chi connectivity index (χ0v) is 21.3. The summed E-state index contributed by atoms with van der Waals surface area (Å²) in [6.07, 6.45) is 6.60. The van der Waals surface area contributed by atoms with Crippen molar-refractivity contribution in [3.63, 3.8) is 0 Å². The normalized spacial score (nSPS) is 28.2. The van der Waals surface area contributed by atoms with Crippen molar-refractivity contribution in [1.82, 2.24) is 0 Å². The van der Waals surface area contributed by atoms with E-state index in [1.165, 1.54) is 17.5 Å². The molecule has 172 valence electrons. The molecule has 32 heavy (non-hydrogen) atoms. The van der Waals surface area contributed by atoms with Crippen molar-refractivity contribution in [1.29, 1.82) is 0 Å². The Balaban J connectivity index is 1.58. The Morgan fingerprint density at radius 2 is 1.38 bits per heavy atom. The number of carbonyl (C=O) groups excluding carboxylic acids is 1.